The van der Waals surface area contributed by atoms with Crippen molar-refractivity contribution in [3.8, 4) is 0 Å². The number of likely N-dealkylation sites (tertiary alicyclic amines) is 2. The molecule has 0 aromatic carbocycles. The smallest absolute Gasteiger partial charge is 0.317 e. The van der Waals surface area contributed by atoms with E-state index in [4.69, 9.17) is 9.47 Å². The lowest BCUT2D eigenvalue weighted by Crippen LogP contribution is -2.75. The van der Waals surface area contributed by atoms with Crippen molar-refractivity contribution in [2.45, 2.75) is 69.6 Å². The number of methoxy groups -OCH3 is 1. The van der Waals surface area contributed by atoms with Crippen LogP contribution in [0.1, 0.15) is 51.9 Å². The number of urea groups is 1. The molecule has 0 radical (unpaired) electrons. The van der Waals surface area contributed by atoms with E-state index in [1.165, 1.54) is 32.1 Å². The maximum atomic E-state index is 12.0. The van der Waals surface area contributed by atoms with Crippen molar-refractivity contribution < 1.29 is 14.3 Å². The molecule has 2 amide bonds. The fourth-order valence-electron chi connectivity index (χ4n) is 5.01. The van der Waals surface area contributed by atoms with E-state index in [0.717, 1.165) is 32.5 Å². The highest BCUT2D eigenvalue weighted by Crippen LogP contribution is 2.47. The number of nitrogens with one attached hydrogen (secondary N) is 1. The second-order valence-corrected chi connectivity index (χ2v) is 7.72. The van der Waals surface area contributed by atoms with Gasteiger partial charge in [-0.05, 0) is 32.6 Å². The van der Waals surface area contributed by atoms with Crippen LogP contribution in [0.25, 0.3) is 0 Å². The summed E-state index contributed by atoms with van der Waals surface area (Å²) in [6.07, 6.45) is 9.06. The van der Waals surface area contributed by atoms with Gasteiger partial charge in [0.1, 0.15) is 0 Å². The van der Waals surface area contributed by atoms with Crippen LogP contribution in [0.5, 0.6) is 0 Å². The fraction of sp³-hybridized carbons (Fsp3) is 0.947. The molecule has 3 rings (SSSR count). The predicted octanol–water partition coefficient (Wildman–Crippen LogP) is 2.23. The molecule has 2 heterocycles. The number of piperidine rings is 1. The van der Waals surface area contributed by atoms with Gasteiger partial charge < -0.3 is 19.7 Å². The van der Waals surface area contributed by atoms with E-state index in [0.29, 0.717) is 31.9 Å². The van der Waals surface area contributed by atoms with E-state index in [1.54, 1.807) is 7.11 Å². The van der Waals surface area contributed by atoms with Gasteiger partial charge in [-0.25, -0.2) is 4.79 Å². The first kappa shape index (κ1) is 18.9. The minimum Gasteiger partial charge on any atom is -0.382 e. The zero-order chi connectivity index (χ0) is 17.7. The molecule has 3 aliphatic rings. The Balaban J connectivity index is 1.56. The van der Waals surface area contributed by atoms with Crippen molar-refractivity contribution in [2.24, 2.45) is 0 Å². The quantitative estimate of drug-likeness (QED) is 0.744. The molecule has 6 nitrogen and oxygen atoms in total. The van der Waals surface area contributed by atoms with Crippen LogP contribution in [-0.2, 0) is 9.47 Å². The summed E-state index contributed by atoms with van der Waals surface area (Å²) in [6, 6.07) is 0.698. The van der Waals surface area contributed by atoms with E-state index in [1.807, 2.05) is 11.8 Å². The molecular formula is C19H35N3O3. The molecule has 6 heteroatoms. The molecular weight excluding hydrogens is 318 g/mol. The molecule has 1 unspecified atom stereocenters. The maximum absolute atomic E-state index is 12.0. The molecule has 2 saturated heterocycles. The van der Waals surface area contributed by atoms with Crippen LogP contribution in [0, 0.1) is 0 Å². The van der Waals surface area contributed by atoms with Crippen molar-refractivity contribution in [2.75, 3.05) is 46.5 Å². The van der Waals surface area contributed by atoms with Crippen LogP contribution >= 0.6 is 0 Å². The second kappa shape index (κ2) is 8.69. The van der Waals surface area contributed by atoms with Gasteiger partial charge in [0.15, 0.2) is 0 Å². The SMILES string of the molecule is CCNC(=O)N1CCC(N2CC(OCCOC)C23CCCCC3)CC1. The highest BCUT2D eigenvalue weighted by atomic mass is 16.5. The van der Waals surface area contributed by atoms with Gasteiger partial charge in [-0.1, -0.05) is 19.3 Å². The topological polar surface area (TPSA) is 54.0 Å². The van der Waals surface area contributed by atoms with E-state index in [-0.39, 0.29) is 11.6 Å². The number of amides is 2. The Hall–Kier alpha value is -0.850. The van der Waals surface area contributed by atoms with E-state index >= 15 is 0 Å². The van der Waals surface area contributed by atoms with Crippen molar-refractivity contribution in [3.05, 3.63) is 0 Å². The van der Waals surface area contributed by atoms with Gasteiger partial charge in [0, 0.05) is 44.9 Å². The van der Waals surface area contributed by atoms with Gasteiger partial charge >= 0.3 is 6.03 Å². The van der Waals surface area contributed by atoms with Crippen molar-refractivity contribution in [1.82, 2.24) is 15.1 Å². The molecule has 0 bridgehead atoms. The standard InChI is InChI=1S/C19H35N3O3/c1-3-20-18(23)21-11-7-16(8-12-21)22-15-17(25-14-13-24-2)19(22)9-5-4-6-10-19/h16-17H,3-15H2,1-2H3,(H,20,23). The summed E-state index contributed by atoms with van der Waals surface area (Å²) in [7, 11) is 1.73. The Morgan fingerprint density at radius 2 is 1.88 bits per heavy atom. The number of nitrogens with zero attached hydrogens (tertiary/aromatic N) is 2. The van der Waals surface area contributed by atoms with Gasteiger partial charge in [-0.15, -0.1) is 0 Å². The molecule has 1 aliphatic carbocycles. The lowest BCUT2D eigenvalue weighted by atomic mass is 9.69. The fourth-order valence-corrected chi connectivity index (χ4v) is 5.01. The van der Waals surface area contributed by atoms with Crippen LogP contribution in [-0.4, -0.2) is 80.0 Å². The molecule has 1 atom stereocenters. The van der Waals surface area contributed by atoms with Gasteiger partial charge in [0.05, 0.1) is 19.3 Å². The van der Waals surface area contributed by atoms with Crippen LogP contribution in [0.3, 0.4) is 0 Å². The van der Waals surface area contributed by atoms with Crippen LogP contribution in [0.4, 0.5) is 4.79 Å². The zero-order valence-electron chi connectivity index (χ0n) is 16.0. The van der Waals surface area contributed by atoms with Gasteiger partial charge in [-0.2, -0.15) is 0 Å². The maximum Gasteiger partial charge on any atom is 0.317 e. The van der Waals surface area contributed by atoms with Gasteiger partial charge in [0.25, 0.3) is 0 Å². The third-order valence-electron chi connectivity index (χ3n) is 6.38. The highest BCUT2D eigenvalue weighted by molar-refractivity contribution is 5.74. The Morgan fingerprint density at radius 3 is 2.52 bits per heavy atom. The summed E-state index contributed by atoms with van der Waals surface area (Å²) in [5, 5.41) is 2.92. The Bertz CT molecular complexity index is 432. The first-order valence-corrected chi connectivity index (χ1v) is 10.1. The molecule has 0 aromatic rings. The minimum absolute atomic E-state index is 0.0951. The predicted molar refractivity (Wildman–Crippen MR) is 97.8 cm³/mol. The lowest BCUT2D eigenvalue weighted by molar-refractivity contribution is -0.203. The largest absolute Gasteiger partial charge is 0.382 e. The molecule has 144 valence electrons. The summed E-state index contributed by atoms with van der Waals surface area (Å²) in [5.41, 5.74) is 0.254. The number of hydrogen-bond acceptors (Lipinski definition) is 4. The van der Waals surface area contributed by atoms with Crippen LogP contribution < -0.4 is 5.32 Å². The third-order valence-corrected chi connectivity index (χ3v) is 6.38. The summed E-state index contributed by atoms with van der Waals surface area (Å²) < 4.78 is 11.3. The molecule has 1 spiro atoms. The van der Waals surface area contributed by atoms with Crippen LogP contribution in [0.15, 0.2) is 0 Å². The average molecular weight is 354 g/mol. The molecule has 2 aliphatic heterocycles. The lowest BCUT2D eigenvalue weighted by Gasteiger charge is -2.63. The molecule has 3 fully saturated rings. The normalized spacial score (nSPS) is 27.3. The molecule has 1 N–H and O–H groups in total. The first-order valence-electron chi connectivity index (χ1n) is 10.1. The molecule has 0 aromatic heterocycles. The first-order chi connectivity index (χ1) is 12.2. The highest BCUT2D eigenvalue weighted by Gasteiger charge is 2.56. The monoisotopic (exact) mass is 353 g/mol. The average Bonchev–Trinajstić information content (AvgIpc) is 2.65. The van der Waals surface area contributed by atoms with Crippen molar-refractivity contribution in [3.63, 3.8) is 0 Å². The second-order valence-electron chi connectivity index (χ2n) is 7.72. The van der Waals surface area contributed by atoms with E-state index < -0.39 is 0 Å². The summed E-state index contributed by atoms with van der Waals surface area (Å²) >= 11 is 0. The van der Waals surface area contributed by atoms with Crippen molar-refractivity contribution in [1.29, 1.82) is 0 Å². The van der Waals surface area contributed by atoms with E-state index in [9.17, 15) is 4.79 Å². The Morgan fingerprint density at radius 1 is 1.16 bits per heavy atom. The third kappa shape index (κ3) is 3.96. The Labute approximate surface area is 152 Å². The van der Waals surface area contributed by atoms with Crippen molar-refractivity contribution >= 4 is 6.03 Å². The number of hydrogen-bond donors (Lipinski definition) is 1. The summed E-state index contributed by atoms with van der Waals surface area (Å²) in [5.74, 6) is 0. The number of carbonyl (C=O) groups is 1. The number of carbonyl (C=O) groups excluding carboxylic acids is 1. The summed E-state index contributed by atoms with van der Waals surface area (Å²) in [6.45, 7) is 6.85. The molecule has 25 heavy (non-hydrogen) atoms. The summed E-state index contributed by atoms with van der Waals surface area (Å²) in [4.78, 5) is 16.7. The van der Waals surface area contributed by atoms with Gasteiger partial charge in [0.2, 0.25) is 0 Å². The van der Waals surface area contributed by atoms with Gasteiger partial charge in [-0.3, -0.25) is 4.90 Å². The van der Waals surface area contributed by atoms with E-state index in [2.05, 4.69) is 10.2 Å². The number of rotatable bonds is 6. The van der Waals surface area contributed by atoms with Crippen LogP contribution in [0.2, 0.25) is 0 Å². The molecule has 1 saturated carbocycles. The minimum atomic E-state index is 0.0951. The zero-order valence-corrected chi connectivity index (χ0v) is 16.0. The Kier molecular flexibility index (Phi) is 6.58. The number of ether oxygens (including phenoxy) is 2.